The molecule has 1 fully saturated rings. The maximum atomic E-state index is 12.2. The van der Waals surface area contributed by atoms with Gasteiger partial charge in [0.15, 0.2) is 24.2 Å². The molecular formula is C14H16Cl3NO5. The Hall–Kier alpha value is -0.630. The van der Waals surface area contributed by atoms with Gasteiger partial charge in [0.1, 0.15) is 11.1 Å². The molecule has 6 nitrogen and oxygen atoms in total. The SMILES string of the molecule is CCCC1OCC(O)C(C(=O)COc2nc(Cl)c(Cl)cc2Cl)O1. The molecule has 1 saturated heterocycles. The smallest absolute Gasteiger partial charge is 0.234 e. The van der Waals surface area contributed by atoms with Crippen molar-refractivity contribution in [3.8, 4) is 5.88 Å². The van der Waals surface area contributed by atoms with Crippen molar-refractivity contribution >= 4 is 40.6 Å². The Morgan fingerprint density at radius 1 is 1.43 bits per heavy atom. The minimum absolute atomic E-state index is 0.0129. The van der Waals surface area contributed by atoms with Crippen LogP contribution in [-0.4, -0.2) is 47.6 Å². The summed E-state index contributed by atoms with van der Waals surface area (Å²) < 4.78 is 16.0. The number of aromatic nitrogens is 1. The van der Waals surface area contributed by atoms with E-state index in [1.54, 1.807) is 0 Å². The van der Waals surface area contributed by atoms with E-state index in [0.717, 1.165) is 6.42 Å². The molecule has 2 heterocycles. The Balaban J connectivity index is 1.97. The molecule has 1 N–H and O–H groups in total. The van der Waals surface area contributed by atoms with Crippen LogP contribution in [0.5, 0.6) is 5.88 Å². The predicted molar refractivity (Wildman–Crippen MR) is 85.3 cm³/mol. The third-order valence-electron chi connectivity index (χ3n) is 3.15. The van der Waals surface area contributed by atoms with Crippen LogP contribution in [0.4, 0.5) is 0 Å². The lowest BCUT2D eigenvalue weighted by molar-refractivity contribution is -0.248. The molecule has 1 aromatic rings. The van der Waals surface area contributed by atoms with Crippen LogP contribution in [0.2, 0.25) is 15.2 Å². The molecule has 128 valence electrons. The van der Waals surface area contributed by atoms with Gasteiger partial charge >= 0.3 is 0 Å². The zero-order valence-corrected chi connectivity index (χ0v) is 14.6. The van der Waals surface area contributed by atoms with E-state index in [-0.39, 0.29) is 34.3 Å². The minimum atomic E-state index is -1.04. The Morgan fingerprint density at radius 2 is 2.17 bits per heavy atom. The topological polar surface area (TPSA) is 77.9 Å². The summed E-state index contributed by atoms with van der Waals surface area (Å²) in [6.45, 7) is 1.63. The van der Waals surface area contributed by atoms with Gasteiger partial charge in [-0.1, -0.05) is 48.1 Å². The fourth-order valence-electron chi connectivity index (χ4n) is 2.02. The van der Waals surface area contributed by atoms with Gasteiger partial charge < -0.3 is 19.3 Å². The highest BCUT2D eigenvalue weighted by Crippen LogP contribution is 2.30. The molecule has 1 aliphatic heterocycles. The summed E-state index contributed by atoms with van der Waals surface area (Å²) in [5, 5.41) is 10.2. The number of carbonyl (C=O) groups excluding carboxylic acids is 1. The summed E-state index contributed by atoms with van der Waals surface area (Å²) in [6, 6.07) is 1.37. The van der Waals surface area contributed by atoms with E-state index in [1.165, 1.54) is 6.07 Å². The lowest BCUT2D eigenvalue weighted by atomic mass is 10.1. The van der Waals surface area contributed by atoms with Crippen molar-refractivity contribution in [3.05, 3.63) is 21.3 Å². The Morgan fingerprint density at radius 3 is 2.87 bits per heavy atom. The number of ether oxygens (including phenoxy) is 3. The lowest BCUT2D eigenvalue weighted by Crippen LogP contribution is -2.49. The quantitative estimate of drug-likeness (QED) is 0.760. The third-order valence-corrected chi connectivity index (χ3v) is 4.09. The number of rotatable bonds is 6. The first-order chi connectivity index (χ1) is 10.9. The van der Waals surface area contributed by atoms with E-state index in [4.69, 9.17) is 49.0 Å². The zero-order valence-electron chi connectivity index (χ0n) is 12.3. The summed E-state index contributed by atoms with van der Waals surface area (Å²) >= 11 is 17.5. The second-order valence-electron chi connectivity index (χ2n) is 4.98. The largest absolute Gasteiger partial charge is 0.468 e. The number of carbonyl (C=O) groups is 1. The van der Waals surface area contributed by atoms with Crippen LogP contribution in [0.3, 0.4) is 0 Å². The average molecular weight is 385 g/mol. The first-order valence-corrected chi connectivity index (χ1v) is 8.18. The molecule has 3 atom stereocenters. The molecule has 1 aliphatic rings. The van der Waals surface area contributed by atoms with Crippen molar-refractivity contribution in [2.45, 2.75) is 38.3 Å². The van der Waals surface area contributed by atoms with E-state index in [2.05, 4.69) is 4.98 Å². The van der Waals surface area contributed by atoms with Crippen molar-refractivity contribution in [2.75, 3.05) is 13.2 Å². The van der Waals surface area contributed by atoms with E-state index in [9.17, 15) is 9.90 Å². The Kier molecular flexibility index (Phi) is 6.88. The van der Waals surface area contributed by atoms with Gasteiger partial charge in [0.2, 0.25) is 11.7 Å². The summed E-state index contributed by atoms with van der Waals surface area (Å²) in [7, 11) is 0. The van der Waals surface area contributed by atoms with Gasteiger partial charge in [-0.3, -0.25) is 4.79 Å². The number of Topliss-reactive ketones (excluding diaryl/α,β-unsaturated/α-hetero) is 1. The van der Waals surface area contributed by atoms with Gasteiger partial charge in [0.05, 0.1) is 11.6 Å². The fraction of sp³-hybridized carbons (Fsp3) is 0.571. The minimum Gasteiger partial charge on any atom is -0.468 e. The Bertz CT molecular complexity index is 572. The van der Waals surface area contributed by atoms with Gasteiger partial charge in [-0.05, 0) is 12.5 Å². The average Bonchev–Trinajstić information content (AvgIpc) is 2.51. The molecule has 0 aromatic carbocycles. The van der Waals surface area contributed by atoms with Crippen molar-refractivity contribution in [1.82, 2.24) is 4.98 Å². The van der Waals surface area contributed by atoms with Crippen LogP contribution >= 0.6 is 34.8 Å². The monoisotopic (exact) mass is 383 g/mol. The van der Waals surface area contributed by atoms with E-state index >= 15 is 0 Å². The molecule has 0 bridgehead atoms. The molecule has 0 radical (unpaired) electrons. The maximum absolute atomic E-state index is 12.2. The second-order valence-corrected chi connectivity index (χ2v) is 6.15. The van der Waals surface area contributed by atoms with Crippen LogP contribution in [0, 0.1) is 0 Å². The molecule has 3 unspecified atom stereocenters. The Labute approximate surface area is 148 Å². The highest BCUT2D eigenvalue weighted by atomic mass is 35.5. The number of aliphatic hydroxyl groups is 1. The zero-order chi connectivity index (χ0) is 17.0. The number of aliphatic hydroxyl groups excluding tert-OH is 1. The van der Waals surface area contributed by atoms with E-state index in [1.807, 2.05) is 6.92 Å². The molecule has 1 aromatic heterocycles. The summed E-state index contributed by atoms with van der Waals surface area (Å²) in [6.07, 6.45) is -1.10. The number of hydrogen-bond donors (Lipinski definition) is 1. The van der Waals surface area contributed by atoms with Crippen LogP contribution in [0.25, 0.3) is 0 Å². The maximum Gasteiger partial charge on any atom is 0.234 e. The number of pyridine rings is 1. The molecule has 0 spiro atoms. The van der Waals surface area contributed by atoms with Gasteiger partial charge in [-0.15, -0.1) is 0 Å². The summed E-state index contributed by atoms with van der Waals surface area (Å²) in [5.74, 6) is -0.452. The number of nitrogens with zero attached hydrogens (tertiary/aromatic N) is 1. The summed E-state index contributed by atoms with van der Waals surface area (Å²) in [5.41, 5.74) is 0. The second kappa shape index (κ2) is 8.46. The molecular weight excluding hydrogens is 369 g/mol. The highest BCUT2D eigenvalue weighted by molar-refractivity contribution is 6.42. The van der Waals surface area contributed by atoms with Gasteiger partial charge in [0, 0.05) is 0 Å². The third kappa shape index (κ3) is 4.92. The molecule has 0 amide bonds. The first-order valence-electron chi connectivity index (χ1n) is 7.04. The highest BCUT2D eigenvalue weighted by Gasteiger charge is 2.35. The fourth-order valence-corrected chi connectivity index (χ4v) is 2.56. The molecule has 9 heteroatoms. The molecule has 23 heavy (non-hydrogen) atoms. The van der Waals surface area contributed by atoms with Crippen molar-refractivity contribution in [3.63, 3.8) is 0 Å². The van der Waals surface area contributed by atoms with Crippen LogP contribution in [0.15, 0.2) is 6.07 Å². The van der Waals surface area contributed by atoms with Crippen molar-refractivity contribution in [1.29, 1.82) is 0 Å². The normalized spacial score (nSPS) is 24.5. The summed E-state index contributed by atoms with van der Waals surface area (Å²) in [4.78, 5) is 16.1. The van der Waals surface area contributed by atoms with Crippen LogP contribution in [0.1, 0.15) is 19.8 Å². The van der Waals surface area contributed by atoms with Crippen molar-refractivity contribution in [2.24, 2.45) is 0 Å². The first kappa shape index (κ1) is 18.7. The standard InChI is InChI=1S/C14H16Cl3NO5/c1-2-3-11-21-5-9(19)12(23-11)10(20)6-22-14-8(16)4-7(15)13(17)18-14/h4,9,11-12,19H,2-3,5-6H2,1H3. The van der Waals surface area contributed by atoms with Gasteiger partial charge in [-0.2, -0.15) is 4.98 Å². The van der Waals surface area contributed by atoms with Crippen LogP contribution < -0.4 is 4.74 Å². The number of hydrogen-bond acceptors (Lipinski definition) is 6. The lowest BCUT2D eigenvalue weighted by Gasteiger charge is -2.32. The van der Waals surface area contributed by atoms with E-state index < -0.39 is 24.3 Å². The van der Waals surface area contributed by atoms with Gasteiger partial charge in [0.25, 0.3) is 0 Å². The predicted octanol–water partition coefficient (Wildman–Crippen LogP) is 2.89. The molecule has 2 rings (SSSR count). The number of halogens is 3. The molecule has 0 saturated carbocycles. The van der Waals surface area contributed by atoms with Gasteiger partial charge in [-0.25, -0.2) is 0 Å². The van der Waals surface area contributed by atoms with E-state index in [0.29, 0.717) is 6.42 Å². The van der Waals surface area contributed by atoms with Crippen LogP contribution in [-0.2, 0) is 14.3 Å². The van der Waals surface area contributed by atoms with Crippen molar-refractivity contribution < 1.29 is 24.1 Å². The molecule has 0 aliphatic carbocycles. The number of ketones is 1.